The fourth-order valence-electron chi connectivity index (χ4n) is 4.16. The van der Waals surface area contributed by atoms with Crippen LogP contribution in [-0.4, -0.2) is 69.6 Å². The quantitative estimate of drug-likeness (QED) is 0.769. The summed E-state index contributed by atoms with van der Waals surface area (Å²) >= 11 is 0. The Bertz CT molecular complexity index is 796. The number of likely N-dealkylation sites (tertiary alicyclic amines) is 1. The van der Waals surface area contributed by atoms with Gasteiger partial charge in [-0.1, -0.05) is 30.3 Å². The predicted octanol–water partition coefficient (Wildman–Crippen LogP) is 3.70. The molecule has 2 aliphatic heterocycles. The van der Waals surface area contributed by atoms with Crippen LogP contribution in [0.2, 0.25) is 0 Å². The van der Waals surface area contributed by atoms with Crippen molar-refractivity contribution in [3.05, 3.63) is 35.9 Å². The van der Waals surface area contributed by atoms with Gasteiger partial charge in [0.2, 0.25) is 0 Å². The lowest BCUT2D eigenvalue weighted by atomic mass is 9.97. The van der Waals surface area contributed by atoms with Gasteiger partial charge in [-0.15, -0.1) is 0 Å². The normalized spacial score (nSPS) is 24.7. The second kappa shape index (κ2) is 8.57. The highest BCUT2D eigenvalue weighted by Gasteiger charge is 2.58. The van der Waals surface area contributed by atoms with Crippen LogP contribution in [0.4, 0.5) is 22.8 Å². The molecule has 0 saturated carbocycles. The fourth-order valence-corrected chi connectivity index (χ4v) is 4.16. The molecule has 10 heteroatoms. The van der Waals surface area contributed by atoms with Crippen LogP contribution < -0.4 is 0 Å². The van der Waals surface area contributed by atoms with Crippen LogP contribution in [0.15, 0.2) is 30.3 Å². The molecular weight excluding hydrogens is 417 g/mol. The largest absolute Gasteiger partial charge is 0.445 e. The summed E-state index contributed by atoms with van der Waals surface area (Å²) in [4.78, 5) is 27.6. The van der Waals surface area contributed by atoms with E-state index < -0.39 is 48.2 Å². The number of rotatable bonds is 3. The molecule has 172 valence electrons. The molecule has 2 bridgehead atoms. The van der Waals surface area contributed by atoms with Crippen LogP contribution in [0.5, 0.6) is 0 Å². The summed E-state index contributed by atoms with van der Waals surface area (Å²) < 4.78 is 51.0. The zero-order valence-electron chi connectivity index (χ0n) is 17.6. The van der Waals surface area contributed by atoms with Gasteiger partial charge in [-0.3, -0.25) is 9.80 Å². The average Bonchev–Trinajstić information content (AvgIpc) is 2.98. The molecule has 2 amide bonds. The molecule has 0 radical (unpaired) electrons. The minimum atomic E-state index is -4.97. The van der Waals surface area contributed by atoms with Crippen molar-refractivity contribution >= 4 is 12.2 Å². The SMILES string of the molecule is CC(C)(C)OC(=O)N1[C@@H]2CC[C@H]1[C@H](C(O)C(F)(F)F)N(C(=O)OCc1ccccc1)C2. The Morgan fingerprint density at radius 2 is 1.77 bits per heavy atom. The first-order chi connectivity index (χ1) is 14.4. The minimum absolute atomic E-state index is 0.115. The van der Waals surface area contributed by atoms with Crippen LogP contribution in [0.3, 0.4) is 0 Å². The standard InChI is InChI=1S/C21H27F3N2O5/c1-20(2,3)31-19(29)26-14-9-10-15(26)16(17(27)21(22,23)24)25(11-14)18(28)30-12-13-7-5-4-6-8-13/h4-8,14-17,27H,9-12H2,1-3H3/t14-,15+,16-,17?/m1/s1. The highest BCUT2D eigenvalue weighted by molar-refractivity contribution is 5.72. The topological polar surface area (TPSA) is 79.3 Å². The van der Waals surface area contributed by atoms with Crippen LogP contribution in [0.25, 0.3) is 0 Å². The van der Waals surface area contributed by atoms with Crippen molar-refractivity contribution in [2.75, 3.05) is 6.54 Å². The van der Waals surface area contributed by atoms with E-state index in [1.165, 1.54) is 4.90 Å². The molecule has 0 aliphatic carbocycles. The van der Waals surface area contributed by atoms with Gasteiger partial charge in [0.25, 0.3) is 0 Å². The molecule has 0 spiro atoms. The first kappa shape index (κ1) is 23.2. The number of amides is 2. The van der Waals surface area contributed by atoms with Gasteiger partial charge in [0.1, 0.15) is 12.2 Å². The van der Waals surface area contributed by atoms with Gasteiger partial charge in [0.15, 0.2) is 6.10 Å². The smallest absolute Gasteiger partial charge is 0.416 e. The summed E-state index contributed by atoms with van der Waals surface area (Å²) in [5.41, 5.74) is -0.153. The first-order valence-corrected chi connectivity index (χ1v) is 10.1. The molecule has 0 aromatic heterocycles. The molecule has 31 heavy (non-hydrogen) atoms. The Balaban J connectivity index is 1.83. The number of ether oxygens (including phenoxy) is 2. The van der Waals surface area contributed by atoms with E-state index >= 15 is 0 Å². The maximum absolute atomic E-state index is 13.5. The summed E-state index contributed by atoms with van der Waals surface area (Å²) in [5.74, 6) is 0. The molecule has 1 unspecified atom stereocenters. The Hall–Kier alpha value is -2.49. The number of fused-ring (bicyclic) bond motifs is 2. The van der Waals surface area contributed by atoms with Crippen LogP contribution in [-0.2, 0) is 16.1 Å². The number of aliphatic hydroxyl groups is 1. The van der Waals surface area contributed by atoms with Gasteiger partial charge >= 0.3 is 18.4 Å². The number of hydrogen-bond donors (Lipinski definition) is 1. The summed E-state index contributed by atoms with van der Waals surface area (Å²) in [5, 5.41) is 10.1. The number of aliphatic hydroxyl groups excluding tert-OH is 1. The maximum Gasteiger partial charge on any atom is 0.416 e. The number of piperazine rings is 1. The highest BCUT2D eigenvalue weighted by Crippen LogP contribution is 2.40. The van der Waals surface area contributed by atoms with E-state index in [1.807, 2.05) is 0 Å². The van der Waals surface area contributed by atoms with E-state index in [1.54, 1.807) is 51.1 Å². The molecule has 2 fully saturated rings. The molecule has 4 atom stereocenters. The van der Waals surface area contributed by atoms with Crippen LogP contribution >= 0.6 is 0 Å². The summed E-state index contributed by atoms with van der Waals surface area (Å²) in [6.07, 6.45) is -8.91. The number of hydrogen-bond acceptors (Lipinski definition) is 5. The number of benzene rings is 1. The maximum atomic E-state index is 13.5. The van der Waals surface area contributed by atoms with E-state index in [-0.39, 0.29) is 19.6 Å². The molecular formula is C21H27F3N2O5. The third kappa shape index (κ3) is 5.23. The molecule has 2 heterocycles. The molecule has 3 rings (SSSR count). The van der Waals surface area contributed by atoms with E-state index in [2.05, 4.69) is 0 Å². The second-order valence-electron chi connectivity index (χ2n) is 8.86. The fraction of sp³-hybridized carbons (Fsp3) is 0.619. The monoisotopic (exact) mass is 444 g/mol. The van der Waals surface area contributed by atoms with E-state index in [0.29, 0.717) is 12.0 Å². The summed E-state index contributed by atoms with van der Waals surface area (Å²) in [7, 11) is 0. The average molecular weight is 444 g/mol. The highest BCUT2D eigenvalue weighted by atomic mass is 19.4. The second-order valence-corrected chi connectivity index (χ2v) is 8.86. The number of nitrogens with zero attached hydrogens (tertiary/aromatic N) is 2. The van der Waals surface area contributed by atoms with Gasteiger partial charge in [-0.05, 0) is 39.2 Å². The first-order valence-electron chi connectivity index (χ1n) is 10.1. The van der Waals surface area contributed by atoms with Crippen molar-refractivity contribution in [3.8, 4) is 0 Å². The van der Waals surface area contributed by atoms with Crippen molar-refractivity contribution in [2.45, 2.75) is 76.2 Å². The summed E-state index contributed by atoms with van der Waals surface area (Å²) in [6.45, 7) is 4.68. The number of carbonyl (C=O) groups excluding carboxylic acids is 2. The molecule has 7 nitrogen and oxygen atoms in total. The Labute approximate surface area is 178 Å². The van der Waals surface area contributed by atoms with Crippen molar-refractivity contribution in [1.82, 2.24) is 9.80 Å². The zero-order chi connectivity index (χ0) is 23.0. The van der Waals surface area contributed by atoms with E-state index in [0.717, 1.165) is 4.90 Å². The van der Waals surface area contributed by atoms with Crippen molar-refractivity contribution in [3.63, 3.8) is 0 Å². The van der Waals surface area contributed by atoms with Gasteiger partial charge in [-0.25, -0.2) is 9.59 Å². The van der Waals surface area contributed by atoms with Gasteiger partial charge in [0.05, 0.1) is 18.1 Å². The third-order valence-electron chi connectivity index (χ3n) is 5.41. The van der Waals surface area contributed by atoms with Crippen LogP contribution in [0, 0.1) is 0 Å². The van der Waals surface area contributed by atoms with Gasteiger partial charge < -0.3 is 14.6 Å². The molecule has 2 aliphatic rings. The lowest BCUT2D eigenvalue weighted by molar-refractivity contribution is -0.228. The van der Waals surface area contributed by atoms with Gasteiger partial charge in [0, 0.05) is 6.54 Å². The lowest BCUT2D eigenvalue weighted by Gasteiger charge is -2.47. The van der Waals surface area contributed by atoms with E-state index in [9.17, 15) is 27.9 Å². The molecule has 1 N–H and O–H groups in total. The Kier molecular flexibility index (Phi) is 6.40. The van der Waals surface area contributed by atoms with Gasteiger partial charge in [-0.2, -0.15) is 13.2 Å². The number of carbonyl (C=O) groups is 2. The number of alkyl halides is 3. The summed E-state index contributed by atoms with van der Waals surface area (Å²) in [6, 6.07) is 5.50. The van der Waals surface area contributed by atoms with Crippen LogP contribution in [0.1, 0.15) is 39.2 Å². The lowest BCUT2D eigenvalue weighted by Crippen LogP contribution is -2.68. The third-order valence-corrected chi connectivity index (χ3v) is 5.41. The Morgan fingerprint density at radius 3 is 2.35 bits per heavy atom. The molecule has 1 aromatic carbocycles. The molecule has 1 aromatic rings. The predicted molar refractivity (Wildman–Crippen MR) is 104 cm³/mol. The Morgan fingerprint density at radius 1 is 1.13 bits per heavy atom. The van der Waals surface area contributed by atoms with Crippen molar-refractivity contribution in [2.24, 2.45) is 0 Å². The minimum Gasteiger partial charge on any atom is -0.445 e. The van der Waals surface area contributed by atoms with E-state index in [4.69, 9.17) is 9.47 Å². The molecule has 2 saturated heterocycles. The van der Waals surface area contributed by atoms with Crippen molar-refractivity contribution in [1.29, 1.82) is 0 Å². The van der Waals surface area contributed by atoms with Crippen molar-refractivity contribution < 1.29 is 37.3 Å². The zero-order valence-corrected chi connectivity index (χ0v) is 17.6. The number of halogens is 3.